The van der Waals surface area contributed by atoms with Gasteiger partial charge in [0.15, 0.2) is 5.82 Å². The van der Waals surface area contributed by atoms with Crippen molar-refractivity contribution in [3.63, 3.8) is 0 Å². The molecule has 0 spiro atoms. The molecule has 144 valence electrons. The van der Waals surface area contributed by atoms with Crippen LogP contribution in [0.5, 0.6) is 0 Å². The molecule has 3 aromatic heterocycles. The van der Waals surface area contributed by atoms with E-state index in [4.69, 9.17) is 15.8 Å². The molecule has 27 heavy (non-hydrogen) atoms. The van der Waals surface area contributed by atoms with Gasteiger partial charge in [0.25, 0.3) is 0 Å². The third-order valence-corrected chi connectivity index (χ3v) is 4.22. The van der Waals surface area contributed by atoms with Crippen molar-refractivity contribution in [3.05, 3.63) is 24.3 Å². The van der Waals surface area contributed by atoms with E-state index in [0.717, 1.165) is 49.0 Å². The van der Waals surface area contributed by atoms with Gasteiger partial charge in [-0.15, -0.1) is 0 Å². The van der Waals surface area contributed by atoms with E-state index in [2.05, 4.69) is 39.4 Å². The Morgan fingerprint density at radius 2 is 2.07 bits per heavy atom. The van der Waals surface area contributed by atoms with E-state index in [1.165, 1.54) is 6.33 Å². The monoisotopic (exact) mass is 369 g/mol. The summed E-state index contributed by atoms with van der Waals surface area (Å²) in [6, 6.07) is 1.81. The topological polar surface area (TPSA) is 119 Å². The Morgan fingerprint density at radius 3 is 2.78 bits per heavy atom. The zero-order chi connectivity index (χ0) is 19.1. The molecule has 0 fully saturated rings. The molecule has 0 radical (unpaired) electrons. The number of anilines is 3. The van der Waals surface area contributed by atoms with Gasteiger partial charge in [-0.2, -0.15) is 10.1 Å². The predicted octanol–water partition coefficient (Wildman–Crippen LogP) is 2.48. The summed E-state index contributed by atoms with van der Waals surface area (Å²) in [6.45, 7) is 6.23. The minimum absolute atomic E-state index is 0.507. The number of hydrogen-bond acceptors (Lipinski definition) is 8. The number of nitrogens with two attached hydrogens (primary N) is 1. The van der Waals surface area contributed by atoms with Gasteiger partial charge in [-0.05, 0) is 18.9 Å². The largest absolute Gasteiger partial charge is 0.353 e. The second kappa shape index (κ2) is 9.22. The Labute approximate surface area is 158 Å². The van der Waals surface area contributed by atoms with Crippen LogP contribution in [0.15, 0.2) is 18.6 Å². The first kappa shape index (κ1) is 19.0. The molecular formula is C18H27N9. The average Bonchev–Trinajstić information content (AvgIpc) is 3.05. The predicted molar refractivity (Wildman–Crippen MR) is 107 cm³/mol. The quantitative estimate of drug-likeness (QED) is 0.466. The summed E-state index contributed by atoms with van der Waals surface area (Å²) in [5, 5.41) is 11.3. The van der Waals surface area contributed by atoms with E-state index in [9.17, 15) is 0 Å². The molecular weight excluding hydrogens is 342 g/mol. The van der Waals surface area contributed by atoms with Gasteiger partial charge in [-0.25, -0.2) is 15.0 Å². The molecule has 0 unspecified atom stereocenters. The molecule has 0 saturated carbocycles. The number of nitrogens with one attached hydrogen (secondary N) is 2. The van der Waals surface area contributed by atoms with E-state index in [1.807, 2.05) is 4.68 Å². The summed E-state index contributed by atoms with van der Waals surface area (Å²) in [5.74, 6) is 1.89. The molecule has 9 heteroatoms. The van der Waals surface area contributed by atoms with Crippen LogP contribution >= 0.6 is 0 Å². The normalized spacial score (nSPS) is 11.1. The average molecular weight is 369 g/mol. The fraction of sp³-hybridized carbons (Fsp3) is 0.500. The molecule has 0 saturated heterocycles. The van der Waals surface area contributed by atoms with Crippen molar-refractivity contribution in [2.75, 3.05) is 23.7 Å². The van der Waals surface area contributed by atoms with Crippen molar-refractivity contribution in [1.82, 2.24) is 29.7 Å². The second-order valence-corrected chi connectivity index (χ2v) is 6.26. The minimum Gasteiger partial charge on any atom is -0.353 e. The number of hydrogen-bond donors (Lipinski definition) is 3. The first-order valence-electron chi connectivity index (χ1n) is 9.51. The van der Waals surface area contributed by atoms with E-state index < -0.39 is 0 Å². The molecule has 9 nitrogen and oxygen atoms in total. The van der Waals surface area contributed by atoms with Crippen LogP contribution in [0.25, 0.3) is 11.0 Å². The van der Waals surface area contributed by atoms with Crippen LogP contribution < -0.4 is 16.4 Å². The van der Waals surface area contributed by atoms with Gasteiger partial charge in [-0.3, -0.25) is 4.68 Å². The zero-order valence-electron chi connectivity index (χ0n) is 15.9. The highest BCUT2D eigenvalue weighted by Gasteiger charge is 2.18. The maximum atomic E-state index is 5.61. The van der Waals surface area contributed by atoms with Crippen molar-refractivity contribution >= 4 is 28.6 Å². The molecule has 0 amide bonds. The first-order chi connectivity index (χ1) is 13.3. The summed E-state index contributed by atoms with van der Waals surface area (Å²) >= 11 is 0. The second-order valence-electron chi connectivity index (χ2n) is 6.26. The minimum atomic E-state index is 0.507. The Bertz CT molecular complexity index is 860. The number of rotatable bonds is 10. The van der Waals surface area contributed by atoms with Crippen LogP contribution in [0.1, 0.15) is 38.8 Å². The van der Waals surface area contributed by atoms with Gasteiger partial charge < -0.3 is 16.4 Å². The molecule has 0 aromatic carbocycles. The highest BCUT2D eigenvalue weighted by molar-refractivity contribution is 5.90. The third-order valence-electron chi connectivity index (χ3n) is 4.22. The molecule has 3 heterocycles. The lowest BCUT2D eigenvalue weighted by Crippen LogP contribution is -2.15. The standard InChI is InChI=1S/C18H27N9/c1-3-5-6-11-27-16-15(13(4-2)26-27)24-18(21-10-8-19)25-17(16)23-14-7-9-20-12-22-14/h7,9,12H,3-6,8,10-11,19H2,1-2H3,(H2,20,21,22,23,24,25). The summed E-state index contributed by atoms with van der Waals surface area (Å²) in [5.41, 5.74) is 8.34. The third kappa shape index (κ3) is 4.48. The fourth-order valence-electron chi connectivity index (χ4n) is 2.89. The van der Waals surface area contributed by atoms with Gasteiger partial charge in [0, 0.05) is 25.8 Å². The summed E-state index contributed by atoms with van der Waals surface area (Å²) in [7, 11) is 0. The van der Waals surface area contributed by atoms with E-state index in [-0.39, 0.29) is 0 Å². The Morgan fingerprint density at radius 1 is 1.19 bits per heavy atom. The van der Waals surface area contributed by atoms with Crippen LogP contribution in [-0.2, 0) is 13.0 Å². The molecule has 0 aliphatic heterocycles. The van der Waals surface area contributed by atoms with Gasteiger partial charge >= 0.3 is 0 Å². The molecule has 3 aromatic rings. The zero-order valence-corrected chi connectivity index (χ0v) is 15.9. The number of nitrogens with zero attached hydrogens (tertiary/aromatic N) is 6. The lowest BCUT2D eigenvalue weighted by atomic mass is 10.2. The summed E-state index contributed by atoms with van der Waals surface area (Å²) in [4.78, 5) is 17.6. The number of unbranched alkanes of at least 4 members (excludes halogenated alkanes) is 2. The van der Waals surface area contributed by atoms with Crippen molar-refractivity contribution < 1.29 is 0 Å². The van der Waals surface area contributed by atoms with E-state index in [0.29, 0.717) is 30.7 Å². The molecule has 3 rings (SSSR count). The van der Waals surface area contributed by atoms with E-state index in [1.54, 1.807) is 12.3 Å². The van der Waals surface area contributed by atoms with Crippen molar-refractivity contribution in [1.29, 1.82) is 0 Å². The Balaban J connectivity index is 2.07. The maximum absolute atomic E-state index is 5.61. The van der Waals surface area contributed by atoms with Crippen LogP contribution in [0.3, 0.4) is 0 Å². The van der Waals surface area contributed by atoms with Crippen LogP contribution in [-0.4, -0.2) is 42.8 Å². The maximum Gasteiger partial charge on any atom is 0.225 e. The smallest absolute Gasteiger partial charge is 0.225 e. The summed E-state index contributed by atoms with van der Waals surface area (Å²) in [6.07, 6.45) is 7.39. The fourth-order valence-corrected chi connectivity index (χ4v) is 2.89. The van der Waals surface area contributed by atoms with Gasteiger partial charge in [0.1, 0.15) is 23.2 Å². The number of fused-ring (bicyclic) bond motifs is 1. The Hall–Kier alpha value is -2.81. The highest BCUT2D eigenvalue weighted by atomic mass is 15.3. The lowest BCUT2D eigenvalue weighted by molar-refractivity contribution is 0.562. The van der Waals surface area contributed by atoms with Gasteiger partial charge in [0.2, 0.25) is 5.95 Å². The molecule has 0 bridgehead atoms. The van der Waals surface area contributed by atoms with Crippen molar-refractivity contribution in [2.45, 2.75) is 46.1 Å². The SMILES string of the molecule is CCCCCn1nc(CC)c2nc(NCCN)nc(Nc3ccncn3)c21. The number of aromatic nitrogens is 6. The van der Waals surface area contributed by atoms with Crippen molar-refractivity contribution in [2.24, 2.45) is 5.73 Å². The van der Waals surface area contributed by atoms with Crippen LogP contribution in [0.4, 0.5) is 17.6 Å². The van der Waals surface area contributed by atoms with Gasteiger partial charge in [0.05, 0.1) is 5.69 Å². The number of aryl methyl sites for hydroxylation is 2. The molecule has 0 aliphatic carbocycles. The van der Waals surface area contributed by atoms with Crippen molar-refractivity contribution in [3.8, 4) is 0 Å². The van der Waals surface area contributed by atoms with Crippen LogP contribution in [0.2, 0.25) is 0 Å². The van der Waals surface area contributed by atoms with Crippen LogP contribution in [0, 0.1) is 0 Å². The molecule has 0 aliphatic rings. The van der Waals surface area contributed by atoms with Gasteiger partial charge in [-0.1, -0.05) is 26.7 Å². The first-order valence-corrected chi connectivity index (χ1v) is 9.51. The highest BCUT2D eigenvalue weighted by Crippen LogP contribution is 2.27. The van der Waals surface area contributed by atoms with E-state index >= 15 is 0 Å². The summed E-state index contributed by atoms with van der Waals surface area (Å²) < 4.78 is 2.01. The molecule has 0 atom stereocenters. The Kier molecular flexibility index (Phi) is 6.48. The lowest BCUT2D eigenvalue weighted by Gasteiger charge is -2.11. The molecule has 4 N–H and O–H groups in total.